The van der Waals surface area contributed by atoms with Crippen LogP contribution in [0.25, 0.3) is 10.9 Å². The fourth-order valence-electron chi connectivity index (χ4n) is 3.02. The summed E-state index contributed by atoms with van der Waals surface area (Å²) >= 11 is 0. The van der Waals surface area contributed by atoms with E-state index in [0.29, 0.717) is 16.5 Å². The molecule has 0 aliphatic rings. The number of Topliss-reactive ketones (excluding diaryl/α,β-unsaturated/α-hetero) is 1. The van der Waals surface area contributed by atoms with Gasteiger partial charge in [-0.2, -0.15) is 0 Å². The van der Waals surface area contributed by atoms with E-state index in [4.69, 9.17) is 4.74 Å². The number of aromatic amines is 1. The number of benzene rings is 2. The minimum Gasteiger partial charge on any atom is -0.451 e. The molecular weight excluding hydrogens is 354 g/mol. The maximum absolute atomic E-state index is 12.7. The van der Waals surface area contributed by atoms with E-state index in [1.807, 2.05) is 12.1 Å². The van der Waals surface area contributed by atoms with Crippen molar-refractivity contribution in [1.82, 2.24) is 4.98 Å². The zero-order chi connectivity index (χ0) is 20.5. The smallest absolute Gasteiger partial charge is 0.339 e. The van der Waals surface area contributed by atoms with Crippen LogP contribution in [0.2, 0.25) is 0 Å². The molecule has 0 amide bonds. The Bertz CT molecular complexity index is 1090. The van der Waals surface area contributed by atoms with Gasteiger partial charge in [-0.05, 0) is 24.0 Å². The Labute approximate surface area is 163 Å². The van der Waals surface area contributed by atoms with Gasteiger partial charge in [-0.3, -0.25) is 9.59 Å². The standard InChI is InChI=1S/C23H23NO4/c1-14(21(26)15-9-11-16(12-10-15)23(2,3)4)28-22(27)18-13-20(25)24-19-8-6-5-7-17(18)19/h5-14H,1-4H3,(H,24,25)/t14-/m1/s1. The van der Waals surface area contributed by atoms with E-state index in [9.17, 15) is 14.4 Å². The van der Waals surface area contributed by atoms with Gasteiger partial charge in [0, 0.05) is 22.5 Å². The Hall–Kier alpha value is -3.21. The molecule has 1 atom stereocenters. The number of hydrogen-bond acceptors (Lipinski definition) is 4. The van der Waals surface area contributed by atoms with Crippen LogP contribution in [0.3, 0.4) is 0 Å². The van der Waals surface area contributed by atoms with E-state index in [0.717, 1.165) is 5.56 Å². The van der Waals surface area contributed by atoms with Crippen molar-refractivity contribution in [3.05, 3.63) is 81.6 Å². The van der Waals surface area contributed by atoms with Crippen LogP contribution in [0.15, 0.2) is 59.4 Å². The number of pyridine rings is 1. The molecule has 144 valence electrons. The van der Waals surface area contributed by atoms with E-state index in [1.54, 1.807) is 36.4 Å². The predicted molar refractivity (Wildman–Crippen MR) is 109 cm³/mol. The summed E-state index contributed by atoms with van der Waals surface area (Å²) in [6.07, 6.45) is -0.967. The number of nitrogens with one attached hydrogen (secondary N) is 1. The van der Waals surface area contributed by atoms with Crippen molar-refractivity contribution < 1.29 is 14.3 Å². The van der Waals surface area contributed by atoms with Gasteiger partial charge in [-0.15, -0.1) is 0 Å². The number of aromatic nitrogens is 1. The first kappa shape index (κ1) is 19.5. The fraction of sp³-hybridized carbons (Fsp3) is 0.261. The minimum absolute atomic E-state index is 0.0128. The summed E-state index contributed by atoms with van der Waals surface area (Å²) in [6, 6.07) is 15.5. The van der Waals surface area contributed by atoms with E-state index < -0.39 is 17.6 Å². The molecule has 28 heavy (non-hydrogen) atoms. The van der Waals surface area contributed by atoms with Crippen molar-refractivity contribution in [2.75, 3.05) is 0 Å². The zero-order valence-corrected chi connectivity index (χ0v) is 16.4. The van der Waals surface area contributed by atoms with E-state index in [2.05, 4.69) is 25.8 Å². The molecule has 1 aromatic heterocycles. The first-order valence-corrected chi connectivity index (χ1v) is 9.14. The molecule has 0 unspecified atom stereocenters. The van der Waals surface area contributed by atoms with Crippen LogP contribution in [0.5, 0.6) is 0 Å². The Balaban J connectivity index is 1.81. The van der Waals surface area contributed by atoms with Gasteiger partial charge in [0.15, 0.2) is 6.10 Å². The number of rotatable bonds is 4. The molecule has 0 radical (unpaired) electrons. The molecule has 5 nitrogen and oxygen atoms in total. The topological polar surface area (TPSA) is 76.2 Å². The van der Waals surface area contributed by atoms with Crippen LogP contribution in [0.4, 0.5) is 0 Å². The number of H-pyrrole nitrogens is 1. The molecule has 1 heterocycles. The van der Waals surface area contributed by atoms with Gasteiger partial charge in [0.25, 0.3) is 0 Å². The maximum Gasteiger partial charge on any atom is 0.339 e. The van der Waals surface area contributed by atoms with Crippen molar-refractivity contribution in [2.45, 2.75) is 39.2 Å². The molecule has 0 spiro atoms. The highest BCUT2D eigenvalue weighted by molar-refractivity contribution is 6.05. The molecular formula is C23H23NO4. The Morgan fingerprint density at radius 3 is 2.29 bits per heavy atom. The van der Waals surface area contributed by atoms with Crippen LogP contribution >= 0.6 is 0 Å². The average Bonchev–Trinajstić information content (AvgIpc) is 2.66. The Kier molecular flexibility index (Phi) is 5.18. The van der Waals surface area contributed by atoms with Crippen LogP contribution in [0.1, 0.15) is 54.0 Å². The van der Waals surface area contributed by atoms with Crippen molar-refractivity contribution in [1.29, 1.82) is 0 Å². The SMILES string of the molecule is C[C@@H](OC(=O)c1cc(=O)[nH]c2ccccc12)C(=O)c1ccc(C(C)(C)C)cc1. The Morgan fingerprint density at radius 2 is 1.64 bits per heavy atom. The summed E-state index contributed by atoms with van der Waals surface area (Å²) in [6.45, 7) is 7.83. The molecule has 3 aromatic rings. The summed E-state index contributed by atoms with van der Waals surface area (Å²) in [5.41, 5.74) is 1.86. The van der Waals surface area contributed by atoms with E-state index in [1.165, 1.54) is 13.0 Å². The van der Waals surface area contributed by atoms with Gasteiger partial charge < -0.3 is 9.72 Å². The highest BCUT2D eigenvalue weighted by atomic mass is 16.5. The van der Waals surface area contributed by atoms with Crippen molar-refractivity contribution in [2.24, 2.45) is 0 Å². The molecule has 0 fully saturated rings. The number of fused-ring (bicyclic) bond motifs is 1. The lowest BCUT2D eigenvalue weighted by Gasteiger charge is -2.19. The molecule has 0 saturated carbocycles. The second kappa shape index (κ2) is 7.43. The van der Waals surface area contributed by atoms with Crippen LogP contribution < -0.4 is 5.56 Å². The van der Waals surface area contributed by atoms with Crippen LogP contribution in [-0.4, -0.2) is 22.8 Å². The number of esters is 1. The third-order valence-corrected chi connectivity index (χ3v) is 4.66. The summed E-state index contributed by atoms with van der Waals surface area (Å²) in [4.78, 5) is 39.8. The Morgan fingerprint density at radius 1 is 1.00 bits per heavy atom. The minimum atomic E-state index is -0.967. The van der Waals surface area contributed by atoms with Gasteiger partial charge in [-0.1, -0.05) is 63.2 Å². The first-order chi connectivity index (χ1) is 13.2. The van der Waals surface area contributed by atoms with Crippen molar-refractivity contribution in [3.63, 3.8) is 0 Å². The van der Waals surface area contributed by atoms with E-state index >= 15 is 0 Å². The first-order valence-electron chi connectivity index (χ1n) is 9.14. The normalized spacial score (nSPS) is 12.6. The van der Waals surface area contributed by atoms with Gasteiger partial charge in [0.05, 0.1) is 5.56 Å². The molecule has 0 bridgehead atoms. The lowest BCUT2D eigenvalue weighted by Crippen LogP contribution is -2.25. The third kappa shape index (κ3) is 4.03. The number of ether oxygens (including phenoxy) is 1. The molecule has 5 heteroatoms. The largest absolute Gasteiger partial charge is 0.451 e. The number of carbonyl (C=O) groups excluding carboxylic acids is 2. The van der Waals surface area contributed by atoms with Gasteiger partial charge in [-0.25, -0.2) is 4.79 Å². The van der Waals surface area contributed by atoms with E-state index in [-0.39, 0.29) is 16.8 Å². The second-order valence-electron chi connectivity index (χ2n) is 7.83. The monoisotopic (exact) mass is 377 g/mol. The average molecular weight is 377 g/mol. The predicted octanol–water partition coefficient (Wildman–Crippen LogP) is 4.25. The molecule has 2 aromatic carbocycles. The number of hydrogen-bond donors (Lipinski definition) is 1. The van der Waals surface area contributed by atoms with Gasteiger partial charge in [0.1, 0.15) is 0 Å². The van der Waals surface area contributed by atoms with Gasteiger partial charge in [0.2, 0.25) is 11.3 Å². The number of para-hydroxylation sites is 1. The molecule has 1 N–H and O–H groups in total. The quantitative estimate of drug-likeness (QED) is 0.545. The lowest BCUT2D eigenvalue weighted by molar-refractivity contribution is 0.0320. The molecule has 3 rings (SSSR count). The summed E-state index contributed by atoms with van der Waals surface area (Å²) < 4.78 is 5.37. The zero-order valence-electron chi connectivity index (χ0n) is 16.4. The highest BCUT2D eigenvalue weighted by Crippen LogP contribution is 2.23. The van der Waals surface area contributed by atoms with Crippen LogP contribution in [0, 0.1) is 0 Å². The van der Waals surface area contributed by atoms with Crippen molar-refractivity contribution >= 4 is 22.7 Å². The summed E-state index contributed by atoms with van der Waals surface area (Å²) in [7, 11) is 0. The highest BCUT2D eigenvalue weighted by Gasteiger charge is 2.23. The fourth-order valence-corrected chi connectivity index (χ4v) is 3.02. The number of carbonyl (C=O) groups is 2. The van der Waals surface area contributed by atoms with Crippen LogP contribution in [-0.2, 0) is 10.2 Å². The lowest BCUT2D eigenvalue weighted by atomic mass is 9.86. The third-order valence-electron chi connectivity index (χ3n) is 4.66. The number of ketones is 1. The second-order valence-corrected chi connectivity index (χ2v) is 7.83. The summed E-state index contributed by atoms with van der Waals surface area (Å²) in [5.74, 6) is -0.989. The maximum atomic E-state index is 12.7. The molecule has 0 aliphatic heterocycles. The molecule has 0 saturated heterocycles. The van der Waals surface area contributed by atoms with Crippen molar-refractivity contribution in [3.8, 4) is 0 Å². The molecule has 0 aliphatic carbocycles. The summed E-state index contributed by atoms with van der Waals surface area (Å²) in [5, 5.41) is 0.571. The van der Waals surface area contributed by atoms with Gasteiger partial charge >= 0.3 is 5.97 Å².